The van der Waals surface area contributed by atoms with Crippen LogP contribution in [0.2, 0.25) is 0 Å². The molecule has 0 radical (unpaired) electrons. The summed E-state index contributed by atoms with van der Waals surface area (Å²) >= 11 is 1.68. The molecular formula is C8H16N2OS. The molecule has 0 aliphatic carbocycles. The first-order valence-electron chi connectivity index (χ1n) is 4.33. The van der Waals surface area contributed by atoms with Crippen molar-refractivity contribution in [3.8, 4) is 0 Å². The van der Waals surface area contributed by atoms with Crippen molar-refractivity contribution in [1.82, 2.24) is 4.90 Å². The van der Waals surface area contributed by atoms with Crippen LogP contribution in [0.3, 0.4) is 0 Å². The molecule has 1 rings (SSSR count). The Bertz CT molecular complexity index is 157. The summed E-state index contributed by atoms with van der Waals surface area (Å²) in [5.41, 5.74) is 5.45. The normalized spacial score (nSPS) is 17.7. The van der Waals surface area contributed by atoms with Gasteiger partial charge in [0.15, 0.2) is 0 Å². The summed E-state index contributed by atoms with van der Waals surface area (Å²) in [4.78, 5) is 13.2. The summed E-state index contributed by atoms with van der Waals surface area (Å²) in [5.74, 6) is 2.47. The molecule has 1 amide bonds. The van der Waals surface area contributed by atoms with Gasteiger partial charge in [0.05, 0.1) is 5.75 Å². The Morgan fingerprint density at radius 1 is 1.67 bits per heavy atom. The number of hydrogen-bond donors (Lipinski definition) is 1. The maximum atomic E-state index is 11.3. The molecule has 0 aromatic carbocycles. The number of nitrogens with zero attached hydrogens (tertiary/aromatic N) is 1. The average Bonchev–Trinajstić information content (AvgIpc) is 1.99. The topological polar surface area (TPSA) is 46.3 Å². The SMILES string of the molecule is CCSCC(=O)N1CC(CN)C1. The van der Waals surface area contributed by atoms with Crippen molar-refractivity contribution < 1.29 is 4.79 Å². The van der Waals surface area contributed by atoms with Crippen LogP contribution in [0.5, 0.6) is 0 Å². The molecule has 3 nitrogen and oxygen atoms in total. The molecule has 0 aromatic heterocycles. The van der Waals surface area contributed by atoms with Crippen LogP contribution in [-0.2, 0) is 4.79 Å². The highest BCUT2D eigenvalue weighted by Gasteiger charge is 2.28. The molecule has 0 unspecified atom stereocenters. The second-order valence-corrected chi connectivity index (χ2v) is 4.31. The monoisotopic (exact) mass is 188 g/mol. The predicted molar refractivity (Wildman–Crippen MR) is 52.1 cm³/mol. The Morgan fingerprint density at radius 2 is 2.33 bits per heavy atom. The first-order chi connectivity index (χ1) is 5.77. The third kappa shape index (κ3) is 2.38. The average molecular weight is 188 g/mol. The van der Waals surface area contributed by atoms with Gasteiger partial charge in [0, 0.05) is 19.0 Å². The molecule has 1 aliphatic heterocycles. The molecule has 0 spiro atoms. The van der Waals surface area contributed by atoms with Crippen molar-refractivity contribution in [2.24, 2.45) is 11.7 Å². The van der Waals surface area contributed by atoms with E-state index >= 15 is 0 Å². The number of rotatable bonds is 4. The van der Waals surface area contributed by atoms with Crippen LogP contribution in [0, 0.1) is 5.92 Å². The number of nitrogens with two attached hydrogens (primary N) is 1. The maximum absolute atomic E-state index is 11.3. The third-order valence-electron chi connectivity index (χ3n) is 2.07. The third-order valence-corrected chi connectivity index (χ3v) is 2.93. The van der Waals surface area contributed by atoms with Crippen molar-refractivity contribution in [1.29, 1.82) is 0 Å². The number of carbonyl (C=O) groups is 1. The minimum atomic E-state index is 0.270. The molecule has 0 bridgehead atoms. The molecule has 1 saturated heterocycles. The van der Waals surface area contributed by atoms with Crippen molar-refractivity contribution in [3.05, 3.63) is 0 Å². The lowest BCUT2D eigenvalue weighted by atomic mass is 10.0. The van der Waals surface area contributed by atoms with Gasteiger partial charge in [-0.15, -0.1) is 0 Å². The second kappa shape index (κ2) is 4.72. The lowest BCUT2D eigenvalue weighted by Gasteiger charge is -2.38. The summed E-state index contributed by atoms with van der Waals surface area (Å²) in [5, 5.41) is 0. The fourth-order valence-electron chi connectivity index (χ4n) is 1.20. The van der Waals surface area contributed by atoms with Gasteiger partial charge in [0.2, 0.25) is 5.91 Å². The van der Waals surface area contributed by atoms with E-state index in [0.29, 0.717) is 18.2 Å². The van der Waals surface area contributed by atoms with E-state index in [2.05, 4.69) is 6.92 Å². The van der Waals surface area contributed by atoms with E-state index in [4.69, 9.17) is 5.73 Å². The zero-order chi connectivity index (χ0) is 8.97. The van der Waals surface area contributed by atoms with Crippen molar-refractivity contribution in [3.63, 3.8) is 0 Å². The fourth-order valence-corrected chi connectivity index (χ4v) is 1.76. The van der Waals surface area contributed by atoms with Crippen molar-refractivity contribution in [2.75, 3.05) is 31.1 Å². The first kappa shape index (κ1) is 9.86. The van der Waals surface area contributed by atoms with Gasteiger partial charge in [0.1, 0.15) is 0 Å². The molecular weight excluding hydrogens is 172 g/mol. The highest BCUT2D eigenvalue weighted by atomic mass is 32.2. The number of hydrogen-bond acceptors (Lipinski definition) is 3. The van der Waals surface area contributed by atoms with E-state index < -0.39 is 0 Å². The standard InChI is InChI=1S/C8H16N2OS/c1-2-12-6-8(11)10-4-7(3-9)5-10/h7H,2-6,9H2,1H3. The number of amides is 1. The molecule has 0 saturated carbocycles. The van der Waals surface area contributed by atoms with Crippen LogP contribution >= 0.6 is 11.8 Å². The zero-order valence-electron chi connectivity index (χ0n) is 7.45. The quantitative estimate of drug-likeness (QED) is 0.683. The zero-order valence-corrected chi connectivity index (χ0v) is 8.27. The van der Waals surface area contributed by atoms with Crippen LogP contribution in [0.4, 0.5) is 0 Å². The van der Waals surface area contributed by atoms with E-state index in [1.165, 1.54) is 0 Å². The van der Waals surface area contributed by atoms with Crippen LogP contribution in [0.1, 0.15) is 6.92 Å². The maximum Gasteiger partial charge on any atom is 0.232 e. The largest absolute Gasteiger partial charge is 0.341 e. The summed E-state index contributed by atoms with van der Waals surface area (Å²) in [6.07, 6.45) is 0. The van der Waals surface area contributed by atoms with Crippen molar-refractivity contribution >= 4 is 17.7 Å². The Morgan fingerprint density at radius 3 is 2.83 bits per heavy atom. The van der Waals surface area contributed by atoms with E-state index in [1.54, 1.807) is 11.8 Å². The van der Waals surface area contributed by atoms with Gasteiger partial charge < -0.3 is 10.6 Å². The summed E-state index contributed by atoms with van der Waals surface area (Å²) in [6, 6.07) is 0. The minimum Gasteiger partial charge on any atom is -0.341 e. The molecule has 4 heteroatoms. The molecule has 1 heterocycles. The number of thioether (sulfide) groups is 1. The van der Waals surface area contributed by atoms with E-state index in [9.17, 15) is 4.79 Å². The van der Waals surface area contributed by atoms with Crippen molar-refractivity contribution in [2.45, 2.75) is 6.92 Å². The lowest BCUT2D eigenvalue weighted by molar-refractivity contribution is -0.134. The Kier molecular flexibility index (Phi) is 3.88. The number of likely N-dealkylation sites (tertiary alicyclic amines) is 1. The molecule has 2 N–H and O–H groups in total. The molecule has 1 aliphatic rings. The van der Waals surface area contributed by atoms with Crippen LogP contribution in [0.15, 0.2) is 0 Å². The van der Waals surface area contributed by atoms with Gasteiger partial charge >= 0.3 is 0 Å². The van der Waals surface area contributed by atoms with Crippen LogP contribution in [-0.4, -0.2) is 41.9 Å². The Labute approximate surface area is 77.7 Å². The number of carbonyl (C=O) groups excluding carboxylic acids is 1. The van der Waals surface area contributed by atoms with Crippen LogP contribution in [0.25, 0.3) is 0 Å². The van der Waals surface area contributed by atoms with Gasteiger partial charge in [-0.25, -0.2) is 0 Å². The molecule has 70 valence electrons. The molecule has 0 atom stereocenters. The fraction of sp³-hybridized carbons (Fsp3) is 0.875. The highest BCUT2D eigenvalue weighted by Crippen LogP contribution is 2.15. The van der Waals surface area contributed by atoms with E-state index in [-0.39, 0.29) is 5.91 Å². The van der Waals surface area contributed by atoms with E-state index in [0.717, 1.165) is 18.8 Å². The Balaban J connectivity index is 2.11. The summed E-state index contributed by atoms with van der Waals surface area (Å²) in [7, 11) is 0. The lowest BCUT2D eigenvalue weighted by Crippen LogP contribution is -2.53. The van der Waals surface area contributed by atoms with E-state index in [1.807, 2.05) is 4.90 Å². The molecule has 12 heavy (non-hydrogen) atoms. The molecule has 0 aromatic rings. The van der Waals surface area contributed by atoms with Gasteiger partial charge in [-0.2, -0.15) is 11.8 Å². The summed E-state index contributed by atoms with van der Waals surface area (Å²) < 4.78 is 0. The minimum absolute atomic E-state index is 0.270. The highest BCUT2D eigenvalue weighted by molar-refractivity contribution is 7.99. The predicted octanol–water partition coefficient (Wildman–Crippen LogP) is 0.157. The van der Waals surface area contributed by atoms with Crippen LogP contribution < -0.4 is 5.73 Å². The smallest absolute Gasteiger partial charge is 0.232 e. The van der Waals surface area contributed by atoms with Gasteiger partial charge in [-0.05, 0) is 12.3 Å². The Hall–Kier alpha value is -0.220. The van der Waals surface area contributed by atoms with Gasteiger partial charge in [-0.1, -0.05) is 6.92 Å². The summed E-state index contributed by atoms with van der Waals surface area (Å²) in [6.45, 7) is 4.53. The molecule has 1 fully saturated rings. The first-order valence-corrected chi connectivity index (χ1v) is 5.49. The second-order valence-electron chi connectivity index (χ2n) is 3.04. The van der Waals surface area contributed by atoms with Gasteiger partial charge in [-0.3, -0.25) is 4.79 Å². The van der Waals surface area contributed by atoms with Gasteiger partial charge in [0.25, 0.3) is 0 Å².